The number of nitrogens with two attached hydrogens (primary N) is 1. The first-order valence-electron chi connectivity index (χ1n) is 5.84. The third-order valence-corrected chi connectivity index (χ3v) is 3.86. The summed E-state index contributed by atoms with van der Waals surface area (Å²) in [7, 11) is 0. The Kier molecular flexibility index (Phi) is 3.90. The number of nitrogens with one attached hydrogen (secondary N) is 1. The summed E-state index contributed by atoms with van der Waals surface area (Å²) < 4.78 is 0. The van der Waals surface area contributed by atoms with Crippen molar-refractivity contribution in [2.24, 2.45) is 5.73 Å². The van der Waals surface area contributed by atoms with Gasteiger partial charge in [-0.1, -0.05) is 12.1 Å². The van der Waals surface area contributed by atoms with Gasteiger partial charge in [-0.25, -0.2) is 0 Å². The van der Waals surface area contributed by atoms with Gasteiger partial charge >= 0.3 is 0 Å². The first-order valence-corrected chi connectivity index (χ1v) is 7.07. The lowest BCUT2D eigenvalue weighted by molar-refractivity contribution is 0.570. The van der Waals surface area contributed by atoms with Crippen molar-refractivity contribution in [3.63, 3.8) is 0 Å². The Balaban J connectivity index is 1.68. The van der Waals surface area contributed by atoms with Gasteiger partial charge in [0.1, 0.15) is 0 Å². The molecule has 0 amide bonds. The van der Waals surface area contributed by atoms with Gasteiger partial charge < -0.3 is 11.1 Å². The van der Waals surface area contributed by atoms with E-state index in [2.05, 4.69) is 35.8 Å². The minimum Gasteiger partial charge on any atom is -0.324 e. The van der Waals surface area contributed by atoms with Crippen LogP contribution in [0.4, 0.5) is 0 Å². The lowest BCUT2D eigenvalue weighted by atomic mass is 10.1. The Bertz CT molecular complexity index is 330. The smallest absolute Gasteiger partial charge is 0.0282 e. The molecule has 1 aliphatic rings. The lowest BCUT2D eigenvalue weighted by Gasteiger charge is -2.10. The summed E-state index contributed by atoms with van der Waals surface area (Å²) in [6, 6.07) is 8.79. The van der Waals surface area contributed by atoms with Crippen LogP contribution >= 0.6 is 11.8 Å². The molecule has 0 atom stereocenters. The molecule has 0 radical (unpaired) electrons. The maximum absolute atomic E-state index is 6.00. The summed E-state index contributed by atoms with van der Waals surface area (Å²) in [5.74, 6) is 0. The minimum atomic E-state index is 0.128. The van der Waals surface area contributed by atoms with Crippen molar-refractivity contribution in [1.29, 1.82) is 0 Å². The van der Waals surface area contributed by atoms with Gasteiger partial charge in [0.25, 0.3) is 0 Å². The summed E-state index contributed by atoms with van der Waals surface area (Å²) in [6.07, 6.45) is 5.56. The van der Waals surface area contributed by atoms with Crippen LogP contribution < -0.4 is 11.1 Å². The van der Waals surface area contributed by atoms with Crippen molar-refractivity contribution in [3.05, 3.63) is 29.8 Å². The maximum atomic E-state index is 6.00. The molecule has 0 spiro atoms. The highest BCUT2D eigenvalue weighted by Gasteiger charge is 2.37. The molecule has 1 aromatic carbocycles. The van der Waals surface area contributed by atoms with E-state index in [1.807, 2.05) is 0 Å². The third-order valence-electron chi connectivity index (χ3n) is 3.12. The molecule has 1 aliphatic carbocycles. The molecule has 3 N–H and O–H groups in total. The molecule has 2 nitrogen and oxygen atoms in total. The molecular weight excluding hydrogens is 216 g/mol. The average molecular weight is 236 g/mol. The van der Waals surface area contributed by atoms with Gasteiger partial charge in [0.05, 0.1) is 0 Å². The summed E-state index contributed by atoms with van der Waals surface area (Å²) in [5.41, 5.74) is 7.52. The van der Waals surface area contributed by atoms with Crippen LogP contribution in [0.3, 0.4) is 0 Å². The van der Waals surface area contributed by atoms with E-state index in [0.717, 1.165) is 19.5 Å². The molecule has 3 heteroatoms. The Morgan fingerprint density at radius 3 is 2.56 bits per heavy atom. The standard InChI is InChI=1S/C13H20N2S/c1-16-12-4-2-11(3-5-12)6-9-15-10-13(14)7-8-13/h2-5,15H,6-10,14H2,1H3. The Morgan fingerprint density at radius 2 is 2.00 bits per heavy atom. The first-order chi connectivity index (χ1) is 7.72. The molecule has 1 saturated carbocycles. The summed E-state index contributed by atoms with van der Waals surface area (Å²) >= 11 is 1.79. The van der Waals surface area contributed by atoms with Gasteiger partial charge in [-0.05, 0) is 49.8 Å². The zero-order valence-electron chi connectivity index (χ0n) is 9.83. The van der Waals surface area contributed by atoms with Gasteiger partial charge in [-0.3, -0.25) is 0 Å². The second-order valence-electron chi connectivity index (χ2n) is 4.64. The highest BCUT2D eigenvalue weighted by molar-refractivity contribution is 7.98. The van der Waals surface area contributed by atoms with E-state index in [4.69, 9.17) is 5.73 Å². The fraction of sp³-hybridized carbons (Fsp3) is 0.538. The molecular formula is C13H20N2S. The van der Waals surface area contributed by atoms with E-state index in [1.54, 1.807) is 11.8 Å². The van der Waals surface area contributed by atoms with Crippen molar-refractivity contribution < 1.29 is 0 Å². The Labute approximate surface area is 102 Å². The van der Waals surface area contributed by atoms with Gasteiger partial charge in [-0.15, -0.1) is 11.8 Å². The molecule has 0 heterocycles. The van der Waals surface area contributed by atoms with Crippen molar-refractivity contribution in [2.75, 3.05) is 19.3 Å². The van der Waals surface area contributed by atoms with Gasteiger partial charge in [0.15, 0.2) is 0 Å². The van der Waals surface area contributed by atoms with Crippen molar-refractivity contribution in [2.45, 2.75) is 29.7 Å². The zero-order chi connectivity index (χ0) is 11.4. The van der Waals surface area contributed by atoms with Gasteiger partial charge in [0, 0.05) is 17.0 Å². The molecule has 1 fully saturated rings. The van der Waals surface area contributed by atoms with Gasteiger partial charge in [0.2, 0.25) is 0 Å². The highest BCUT2D eigenvalue weighted by Crippen LogP contribution is 2.30. The Morgan fingerprint density at radius 1 is 1.31 bits per heavy atom. The SMILES string of the molecule is CSc1ccc(CCNCC2(N)CC2)cc1. The third kappa shape index (κ3) is 3.51. The quantitative estimate of drug-likeness (QED) is 0.586. The normalized spacial score (nSPS) is 17.4. The van der Waals surface area contributed by atoms with Crippen LogP contribution in [-0.4, -0.2) is 24.9 Å². The van der Waals surface area contributed by atoms with Gasteiger partial charge in [-0.2, -0.15) is 0 Å². The molecule has 0 saturated heterocycles. The predicted molar refractivity (Wildman–Crippen MR) is 70.9 cm³/mol. The maximum Gasteiger partial charge on any atom is 0.0282 e. The van der Waals surface area contributed by atoms with E-state index >= 15 is 0 Å². The summed E-state index contributed by atoms with van der Waals surface area (Å²) in [4.78, 5) is 1.33. The molecule has 16 heavy (non-hydrogen) atoms. The molecule has 2 rings (SSSR count). The van der Waals surface area contributed by atoms with E-state index < -0.39 is 0 Å². The number of rotatable bonds is 6. The van der Waals surface area contributed by atoms with Crippen LogP contribution in [0.2, 0.25) is 0 Å². The van der Waals surface area contributed by atoms with Crippen LogP contribution in [-0.2, 0) is 6.42 Å². The molecule has 0 unspecified atom stereocenters. The number of thioether (sulfide) groups is 1. The number of hydrogen-bond acceptors (Lipinski definition) is 3. The van der Waals surface area contributed by atoms with Crippen LogP contribution in [0.5, 0.6) is 0 Å². The molecule has 88 valence electrons. The molecule has 1 aromatic rings. The molecule has 0 aromatic heterocycles. The van der Waals surface area contributed by atoms with Crippen LogP contribution in [0.1, 0.15) is 18.4 Å². The largest absolute Gasteiger partial charge is 0.324 e. The fourth-order valence-corrected chi connectivity index (χ4v) is 2.11. The number of benzene rings is 1. The molecule has 0 aliphatic heterocycles. The number of hydrogen-bond donors (Lipinski definition) is 2. The second kappa shape index (κ2) is 5.21. The van der Waals surface area contributed by atoms with Crippen LogP contribution in [0.25, 0.3) is 0 Å². The Hall–Kier alpha value is -0.510. The van der Waals surface area contributed by atoms with Crippen molar-refractivity contribution in [1.82, 2.24) is 5.32 Å². The monoisotopic (exact) mass is 236 g/mol. The van der Waals surface area contributed by atoms with Crippen LogP contribution in [0.15, 0.2) is 29.2 Å². The average Bonchev–Trinajstić information content (AvgIpc) is 3.04. The first kappa shape index (κ1) is 12.0. The summed E-state index contributed by atoms with van der Waals surface area (Å²) in [6.45, 7) is 1.99. The second-order valence-corrected chi connectivity index (χ2v) is 5.52. The topological polar surface area (TPSA) is 38.0 Å². The van der Waals surface area contributed by atoms with E-state index in [9.17, 15) is 0 Å². The van der Waals surface area contributed by atoms with E-state index in [1.165, 1.54) is 23.3 Å². The fourth-order valence-electron chi connectivity index (χ4n) is 1.70. The summed E-state index contributed by atoms with van der Waals surface area (Å²) in [5, 5.41) is 3.43. The molecule has 0 bridgehead atoms. The predicted octanol–water partition coefficient (Wildman–Crippen LogP) is 2.03. The van der Waals surface area contributed by atoms with Crippen molar-refractivity contribution >= 4 is 11.8 Å². The van der Waals surface area contributed by atoms with E-state index in [-0.39, 0.29) is 5.54 Å². The minimum absolute atomic E-state index is 0.128. The highest BCUT2D eigenvalue weighted by atomic mass is 32.2. The van der Waals surface area contributed by atoms with E-state index in [0.29, 0.717) is 0 Å². The lowest BCUT2D eigenvalue weighted by Crippen LogP contribution is -2.36. The zero-order valence-corrected chi connectivity index (χ0v) is 10.6. The van der Waals surface area contributed by atoms with Crippen LogP contribution in [0, 0.1) is 0 Å². The van der Waals surface area contributed by atoms with Crippen molar-refractivity contribution in [3.8, 4) is 0 Å².